The first-order valence-electron chi connectivity index (χ1n) is 14.0. The quantitative estimate of drug-likeness (QED) is 0.436. The Kier molecular flexibility index (Phi) is 7.69. The number of carbonyl (C=O) groups excluding carboxylic acids is 1. The molecule has 0 bridgehead atoms. The lowest BCUT2D eigenvalue weighted by Crippen LogP contribution is -2.54. The molecule has 0 aliphatic heterocycles. The molecule has 4 aliphatic carbocycles. The highest BCUT2D eigenvalue weighted by Crippen LogP contribution is 2.68. The number of nitrogens with two attached hydrogens (primary N) is 2. The van der Waals surface area contributed by atoms with E-state index in [2.05, 4.69) is 20.8 Å². The van der Waals surface area contributed by atoms with E-state index in [9.17, 15) is 14.7 Å². The third kappa shape index (κ3) is 4.66. The Morgan fingerprint density at radius 1 is 1.03 bits per heavy atom. The lowest BCUT2D eigenvalue weighted by molar-refractivity contribution is -0.164. The molecule has 4 rings (SSSR count). The van der Waals surface area contributed by atoms with Gasteiger partial charge in [-0.2, -0.15) is 0 Å². The summed E-state index contributed by atoms with van der Waals surface area (Å²) in [6.45, 7) is 7.73. The molecule has 6 nitrogen and oxygen atoms in total. The zero-order valence-corrected chi connectivity index (χ0v) is 21.6. The standard InChI is InChI=1S/C28H48N2O4/c1-17(15-25(31)32)21-8-9-22-20-7-6-18-16-19(34-26(33)24(30)5-4-14-29)10-12-27(18,2)23(20)11-13-28(21,22)3/h17-24H,4-16,29-30H2,1-3H3,(H,31,32)/t17-,18-,19-,20+,21?,22+,23+,24+,27+,28-/m1/s1. The molecule has 34 heavy (non-hydrogen) atoms. The van der Waals surface area contributed by atoms with E-state index in [0.29, 0.717) is 42.1 Å². The second-order valence-electron chi connectivity index (χ2n) is 12.8. The van der Waals surface area contributed by atoms with Crippen molar-refractivity contribution in [3.05, 3.63) is 0 Å². The highest BCUT2D eigenvalue weighted by atomic mass is 16.5. The van der Waals surface area contributed by atoms with Crippen LogP contribution >= 0.6 is 0 Å². The van der Waals surface area contributed by atoms with Crippen LogP contribution in [0.2, 0.25) is 0 Å². The van der Waals surface area contributed by atoms with Crippen LogP contribution in [0.1, 0.15) is 97.8 Å². The summed E-state index contributed by atoms with van der Waals surface area (Å²) in [5, 5.41) is 9.38. The molecular formula is C28H48N2O4. The van der Waals surface area contributed by atoms with Crippen molar-refractivity contribution in [1.29, 1.82) is 0 Å². The number of fused-ring (bicyclic) bond motifs is 5. The third-order valence-corrected chi connectivity index (χ3v) is 11.2. The van der Waals surface area contributed by atoms with Gasteiger partial charge in [0.25, 0.3) is 0 Å². The summed E-state index contributed by atoms with van der Waals surface area (Å²) in [6, 6.07) is -0.553. The summed E-state index contributed by atoms with van der Waals surface area (Å²) in [6.07, 6.45) is 12.2. The maximum absolute atomic E-state index is 12.5. The first kappa shape index (κ1) is 25.9. The van der Waals surface area contributed by atoms with Crippen LogP contribution < -0.4 is 11.5 Å². The maximum Gasteiger partial charge on any atom is 0.323 e. The number of carbonyl (C=O) groups is 2. The summed E-state index contributed by atoms with van der Waals surface area (Å²) >= 11 is 0. The van der Waals surface area contributed by atoms with E-state index in [1.807, 2.05) is 0 Å². The molecule has 0 saturated heterocycles. The largest absolute Gasteiger partial charge is 0.481 e. The van der Waals surface area contributed by atoms with E-state index in [0.717, 1.165) is 43.4 Å². The molecule has 0 amide bonds. The maximum atomic E-state index is 12.5. The fraction of sp³-hybridized carbons (Fsp3) is 0.929. The van der Waals surface area contributed by atoms with Gasteiger partial charge in [0, 0.05) is 6.42 Å². The molecule has 0 aromatic heterocycles. The third-order valence-electron chi connectivity index (χ3n) is 11.2. The Labute approximate surface area is 205 Å². The molecule has 194 valence electrons. The summed E-state index contributed by atoms with van der Waals surface area (Å²) in [4.78, 5) is 23.9. The van der Waals surface area contributed by atoms with E-state index in [1.54, 1.807) is 0 Å². The van der Waals surface area contributed by atoms with Gasteiger partial charge < -0.3 is 21.3 Å². The van der Waals surface area contributed by atoms with Crippen molar-refractivity contribution in [2.75, 3.05) is 6.54 Å². The van der Waals surface area contributed by atoms with Crippen molar-refractivity contribution in [2.45, 2.75) is 110 Å². The van der Waals surface area contributed by atoms with Gasteiger partial charge in [-0.1, -0.05) is 20.8 Å². The molecule has 10 atom stereocenters. The number of carboxylic acid groups (broad SMARTS) is 1. The van der Waals surface area contributed by atoms with Gasteiger partial charge in [-0.15, -0.1) is 0 Å². The van der Waals surface area contributed by atoms with Crippen molar-refractivity contribution in [2.24, 2.45) is 57.8 Å². The van der Waals surface area contributed by atoms with Crippen LogP contribution in [0, 0.1) is 46.3 Å². The Morgan fingerprint density at radius 2 is 1.74 bits per heavy atom. The molecule has 4 saturated carbocycles. The molecule has 0 heterocycles. The monoisotopic (exact) mass is 476 g/mol. The first-order valence-corrected chi connectivity index (χ1v) is 14.0. The summed E-state index contributed by atoms with van der Waals surface area (Å²) in [5.41, 5.74) is 12.2. The number of rotatable bonds is 8. The van der Waals surface area contributed by atoms with E-state index >= 15 is 0 Å². The smallest absolute Gasteiger partial charge is 0.323 e. The van der Waals surface area contributed by atoms with Crippen molar-refractivity contribution >= 4 is 11.9 Å². The van der Waals surface area contributed by atoms with Gasteiger partial charge in [0.1, 0.15) is 12.1 Å². The predicted molar refractivity (Wildman–Crippen MR) is 133 cm³/mol. The van der Waals surface area contributed by atoms with Gasteiger partial charge in [-0.25, -0.2) is 0 Å². The lowest BCUT2D eigenvalue weighted by Gasteiger charge is -2.61. The molecule has 1 unspecified atom stereocenters. The highest BCUT2D eigenvalue weighted by Gasteiger charge is 2.60. The van der Waals surface area contributed by atoms with Crippen molar-refractivity contribution in [3.63, 3.8) is 0 Å². The fourth-order valence-corrected chi connectivity index (χ4v) is 9.43. The van der Waals surface area contributed by atoms with Crippen LogP contribution in [0.5, 0.6) is 0 Å². The molecule has 0 aromatic carbocycles. The lowest BCUT2D eigenvalue weighted by atomic mass is 9.44. The molecule has 4 aliphatic rings. The Morgan fingerprint density at radius 3 is 2.44 bits per heavy atom. The Balaban J connectivity index is 1.40. The van der Waals surface area contributed by atoms with Crippen LogP contribution in [0.3, 0.4) is 0 Å². The van der Waals surface area contributed by atoms with E-state index in [-0.39, 0.29) is 18.0 Å². The van der Waals surface area contributed by atoms with Crippen molar-refractivity contribution < 1.29 is 19.4 Å². The molecule has 0 spiro atoms. The number of hydrogen-bond acceptors (Lipinski definition) is 5. The Hall–Kier alpha value is -1.14. The molecule has 5 N–H and O–H groups in total. The zero-order valence-electron chi connectivity index (χ0n) is 21.6. The fourth-order valence-electron chi connectivity index (χ4n) is 9.43. The van der Waals surface area contributed by atoms with Crippen molar-refractivity contribution in [1.82, 2.24) is 0 Å². The van der Waals surface area contributed by atoms with Crippen LogP contribution in [0.25, 0.3) is 0 Å². The van der Waals surface area contributed by atoms with Crippen molar-refractivity contribution in [3.8, 4) is 0 Å². The minimum Gasteiger partial charge on any atom is -0.481 e. The van der Waals surface area contributed by atoms with E-state index in [1.165, 1.54) is 38.5 Å². The van der Waals surface area contributed by atoms with Gasteiger partial charge in [-0.05, 0) is 124 Å². The first-order chi connectivity index (χ1) is 16.1. The molecule has 4 fully saturated rings. The average Bonchev–Trinajstić information content (AvgIpc) is 3.14. The number of ether oxygens (including phenoxy) is 1. The summed E-state index contributed by atoms with van der Waals surface area (Å²) in [7, 11) is 0. The minimum atomic E-state index is -0.654. The average molecular weight is 477 g/mol. The van der Waals surface area contributed by atoms with Gasteiger partial charge >= 0.3 is 11.9 Å². The number of aliphatic carboxylic acids is 1. The van der Waals surface area contributed by atoms with Crippen LogP contribution in [-0.4, -0.2) is 35.7 Å². The predicted octanol–water partition coefficient (Wildman–Crippen LogP) is 4.73. The van der Waals surface area contributed by atoms with Gasteiger partial charge in [-0.3, -0.25) is 9.59 Å². The van der Waals surface area contributed by atoms with Crippen LogP contribution in [-0.2, 0) is 14.3 Å². The Bertz CT molecular complexity index is 759. The molecular weight excluding hydrogens is 428 g/mol. The zero-order chi connectivity index (χ0) is 24.7. The van der Waals surface area contributed by atoms with E-state index in [4.69, 9.17) is 16.2 Å². The summed E-state index contributed by atoms with van der Waals surface area (Å²) < 4.78 is 5.88. The van der Waals surface area contributed by atoms with Gasteiger partial charge in [0.05, 0.1) is 0 Å². The number of carboxylic acids is 1. The molecule has 6 heteroatoms. The van der Waals surface area contributed by atoms with Gasteiger partial charge in [0.2, 0.25) is 0 Å². The second-order valence-corrected chi connectivity index (χ2v) is 12.8. The minimum absolute atomic E-state index is 0.00707. The SMILES string of the molecule is C[C@H](CC(=O)O)C1CC[C@H]2[C@@H]3CC[C@@H]4C[C@H](OC(=O)[C@@H](N)CCCN)CC[C@]4(C)[C@H]3CC[C@]12C. The normalized spacial score (nSPS) is 43.2. The molecule has 0 radical (unpaired) electrons. The van der Waals surface area contributed by atoms with Crippen LogP contribution in [0.15, 0.2) is 0 Å². The summed E-state index contributed by atoms with van der Waals surface area (Å²) in [5.74, 6) is 2.77. The number of hydrogen-bond donors (Lipinski definition) is 3. The van der Waals surface area contributed by atoms with E-state index < -0.39 is 12.0 Å². The topological polar surface area (TPSA) is 116 Å². The number of esters is 1. The highest BCUT2D eigenvalue weighted by molar-refractivity contribution is 5.75. The second kappa shape index (κ2) is 10.1. The van der Waals surface area contributed by atoms with Gasteiger partial charge in [0.15, 0.2) is 0 Å². The van der Waals surface area contributed by atoms with Crippen LogP contribution in [0.4, 0.5) is 0 Å². The molecule has 0 aromatic rings.